The first kappa shape index (κ1) is 15.6. The Morgan fingerprint density at radius 2 is 1.38 bits per heavy atom. The maximum absolute atomic E-state index is 12.9. The van der Waals surface area contributed by atoms with Gasteiger partial charge in [0, 0.05) is 5.56 Å². The smallest absolute Gasteiger partial charge is 0.361 e. The van der Waals surface area contributed by atoms with E-state index in [4.69, 9.17) is 0 Å². The van der Waals surface area contributed by atoms with Crippen LogP contribution in [0.5, 0.6) is 0 Å². The molecule has 0 aliphatic rings. The third-order valence-corrected chi connectivity index (χ3v) is 3.86. The SMILES string of the molecule is [N-]=[N+]=C(C(=O)c1ccccc1Cc1ccccc1)c1ccccc1. The first-order valence-electron chi connectivity index (χ1n) is 7.73. The molecule has 3 rings (SSSR count). The van der Waals surface area contributed by atoms with Crippen molar-refractivity contribution in [2.75, 3.05) is 0 Å². The highest BCUT2D eigenvalue weighted by Crippen LogP contribution is 2.17. The Morgan fingerprint density at radius 3 is 2.04 bits per heavy atom. The zero-order valence-electron chi connectivity index (χ0n) is 13.1. The minimum atomic E-state index is -0.282. The molecule has 3 heteroatoms. The van der Waals surface area contributed by atoms with Gasteiger partial charge in [-0.2, -0.15) is 4.79 Å². The second-order valence-corrected chi connectivity index (χ2v) is 5.46. The average Bonchev–Trinajstić information content (AvgIpc) is 2.64. The lowest BCUT2D eigenvalue weighted by molar-refractivity contribution is -0.00498. The summed E-state index contributed by atoms with van der Waals surface area (Å²) in [6.45, 7) is 0. The summed E-state index contributed by atoms with van der Waals surface area (Å²) in [6, 6.07) is 26.4. The van der Waals surface area contributed by atoms with Crippen molar-refractivity contribution in [3.05, 3.63) is 113 Å². The molecule has 0 atom stereocenters. The second-order valence-electron chi connectivity index (χ2n) is 5.46. The van der Waals surface area contributed by atoms with Crippen molar-refractivity contribution in [2.24, 2.45) is 0 Å². The van der Waals surface area contributed by atoms with Crippen LogP contribution >= 0.6 is 0 Å². The topological polar surface area (TPSA) is 53.5 Å². The van der Waals surface area contributed by atoms with Crippen molar-refractivity contribution in [3.63, 3.8) is 0 Å². The summed E-state index contributed by atoms with van der Waals surface area (Å²) in [4.78, 5) is 16.1. The standard InChI is InChI=1S/C21H16N2O/c22-23-20(17-11-5-2-6-12-17)21(24)19-14-8-7-13-18(19)15-16-9-3-1-4-10-16/h1-14H,15H2. The zero-order chi connectivity index (χ0) is 16.8. The molecule has 0 unspecified atom stereocenters. The van der Waals surface area contributed by atoms with E-state index in [1.165, 1.54) is 0 Å². The van der Waals surface area contributed by atoms with Crippen molar-refractivity contribution < 1.29 is 9.58 Å². The van der Waals surface area contributed by atoms with Crippen LogP contribution in [0.2, 0.25) is 0 Å². The van der Waals surface area contributed by atoms with E-state index in [1.807, 2.05) is 66.7 Å². The van der Waals surface area contributed by atoms with Crippen LogP contribution in [-0.4, -0.2) is 16.3 Å². The Morgan fingerprint density at radius 1 is 0.792 bits per heavy atom. The molecule has 116 valence electrons. The summed E-state index contributed by atoms with van der Waals surface area (Å²) in [6.07, 6.45) is 0.649. The summed E-state index contributed by atoms with van der Waals surface area (Å²) < 4.78 is 0. The molecular formula is C21H16N2O. The van der Waals surface area contributed by atoms with Crippen molar-refractivity contribution >= 4 is 11.5 Å². The van der Waals surface area contributed by atoms with Crippen LogP contribution in [0.1, 0.15) is 27.0 Å². The summed E-state index contributed by atoms with van der Waals surface area (Å²) in [5.41, 5.74) is 12.6. The summed E-state index contributed by atoms with van der Waals surface area (Å²) in [7, 11) is 0. The first-order chi connectivity index (χ1) is 11.8. The maximum Gasteiger partial charge on any atom is 0.369 e. The molecule has 3 aromatic rings. The lowest BCUT2D eigenvalue weighted by atomic mass is 9.93. The van der Waals surface area contributed by atoms with E-state index in [0.29, 0.717) is 17.5 Å². The molecule has 3 nitrogen and oxygen atoms in total. The molecular weight excluding hydrogens is 296 g/mol. The van der Waals surface area contributed by atoms with Gasteiger partial charge in [-0.25, -0.2) is 0 Å². The second kappa shape index (κ2) is 7.32. The molecule has 0 fully saturated rings. The van der Waals surface area contributed by atoms with E-state index in [-0.39, 0.29) is 11.5 Å². The number of hydrogen-bond donors (Lipinski definition) is 0. The van der Waals surface area contributed by atoms with Gasteiger partial charge in [-0.15, -0.1) is 0 Å². The van der Waals surface area contributed by atoms with Crippen LogP contribution < -0.4 is 0 Å². The lowest BCUT2D eigenvalue weighted by Crippen LogP contribution is -2.18. The van der Waals surface area contributed by atoms with Crippen LogP contribution in [0.3, 0.4) is 0 Å². The van der Waals surface area contributed by atoms with E-state index in [2.05, 4.69) is 4.79 Å². The molecule has 0 aliphatic heterocycles. The van der Waals surface area contributed by atoms with E-state index >= 15 is 0 Å². The number of ketones is 1. The molecule has 0 bridgehead atoms. The molecule has 0 aliphatic carbocycles. The monoisotopic (exact) mass is 312 g/mol. The largest absolute Gasteiger partial charge is 0.369 e. The minimum Gasteiger partial charge on any atom is -0.361 e. The van der Waals surface area contributed by atoms with Crippen molar-refractivity contribution in [1.29, 1.82) is 0 Å². The zero-order valence-corrected chi connectivity index (χ0v) is 13.1. The van der Waals surface area contributed by atoms with Crippen molar-refractivity contribution in [2.45, 2.75) is 6.42 Å². The van der Waals surface area contributed by atoms with Crippen LogP contribution in [-0.2, 0) is 6.42 Å². The molecule has 24 heavy (non-hydrogen) atoms. The quantitative estimate of drug-likeness (QED) is 0.302. The summed E-state index contributed by atoms with van der Waals surface area (Å²) >= 11 is 0. The Kier molecular flexibility index (Phi) is 4.76. The third kappa shape index (κ3) is 3.37. The Labute approximate surface area is 140 Å². The first-order valence-corrected chi connectivity index (χ1v) is 7.73. The maximum atomic E-state index is 12.9. The van der Waals surface area contributed by atoms with Gasteiger partial charge in [-0.3, -0.25) is 4.79 Å². The molecule has 0 aromatic heterocycles. The lowest BCUT2D eigenvalue weighted by Gasteiger charge is -2.07. The van der Waals surface area contributed by atoms with Gasteiger partial charge >= 0.3 is 5.71 Å². The highest BCUT2D eigenvalue weighted by atomic mass is 16.1. The van der Waals surface area contributed by atoms with Gasteiger partial charge in [-0.1, -0.05) is 72.8 Å². The fourth-order valence-electron chi connectivity index (χ4n) is 2.67. The molecule has 0 radical (unpaired) electrons. The number of Topliss-reactive ketones (excluding diaryl/α,β-unsaturated/α-hetero) is 1. The highest BCUT2D eigenvalue weighted by Gasteiger charge is 2.25. The van der Waals surface area contributed by atoms with Crippen LogP contribution in [0.4, 0.5) is 0 Å². The van der Waals surface area contributed by atoms with E-state index < -0.39 is 0 Å². The summed E-state index contributed by atoms with van der Waals surface area (Å²) in [5.74, 6) is -0.282. The number of nitrogens with zero attached hydrogens (tertiary/aromatic N) is 2. The normalized spacial score (nSPS) is 10.0. The molecule has 0 amide bonds. The Hall–Kier alpha value is -3.29. The highest BCUT2D eigenvalue weighted by molar-refractivity contribution is 6.49. The average molecular weight is 312 g/mol. The summed E-state index contributed by atoms with van der Waals surface area (Å²) in [5, 5.41) is 0. The number of carbonyl (C=O) groups excluding carboxylic acids is 1. The van der Waals surface area contributed by atoms with Crippen LogP contribution in [0, 0.1) is 0 Å². The van der Waals surface area contributed by atoms with Crippen LogP contribution in [0.15, 0.2) is 84.9 Å². The van der Waals surface area contributed by atoms with Gasteiger partial charge in [0.05, 0.1) is 5.56 Å². The minimum absolute atomic E-state index is 0.0520. The van der Waals surface area contributed by atoms with Gasteiger partial charge in [-0.05, 0) is 29.7 Å². The van der Waals surface area contributed by atoms with E-state index in [9.17, 15) is 10.3 Å². The predicted octanol–water partition coefficient (Wildman–Crippen LogP) is 4.18. The number of rotatable bonds is 5. The number of benzene rings is 3. The van der Waals surface area contributed by atoms with Crippen molar-refractivity contribution in [1.82, 2.24) is 0 Å². The van der Waals surface area contributed by atoms with Gasteiger partial charge in [0.15, 0.2) is 0 Å². The third-order valence-electron chi connectivity index (χ3n) is 3.86. The van der Waals surface area contributed by atoms with Crippen LogP contribution in [0.25, 0.3) is 5.53 Å². The molecule has 0 N–H and O–H groups in total. The molecule has 0 saturated heterocycles. The van der Waals surface area contributed by atoms with E-state index in [0.717, 1.165) is 11.1 Å². The predicted molar refractivity (Wildman–Crippen MR) is 94.2 cm³/mol. The molecule has 0 heterocycles. The van der Waals surface area contributed by atoms with Gasteiger partial charge in [0.1, 0.15) is 0 Å². The number of carbonyl (C=O) groups is 1. The van der Waals surface area contributed by atoms with E-state index in [1.54, 1.807) is 18.2 Å². The molecule has 3 aromatic carbocycles. The Balaban J connectivity index is 1.97. The van der Waals surface area contributed by atoms with Gasteiger partial charge in [0.2, 0.25) is 0 Å². The molecule has 0 saturated carbocycles. The fourth-order valence-corrected chi connectivity index (χ4v) is 2.67. The van der Waals surface area contributed by atoms with Gasteiger partial charge < -0.3 is 5.53 Å². The molecule has 0 spiro atoms. The number of hydrogen-bond acceptors (Lipinski definition) is 1. The van der Waals surface area contributed by atoms with Gasteiger partial charge in [0.25, 0.3) is 5.78 Å². The Bertz CT molecular complexity index is 895. The fraction of sp³-hybridized carbons (Fsp3) is 0.0476. The van der Waals surface area contributed by atoms with Crippen molar-refractivity contribution in [3.8, 4) is 0 Å².